The molecular weight excluding hydrogens is 1260 g/mol. The van der Waals surface area contributed by atoms with Crippen LogP contribution in [-0.4, -0.2) is 90.0 Å². The lowest BCUT2D eigenvalue weighted by Gasteiger charge is -2.59. The average molecular weight is 1360 g/mol. The van der Waals surface area contributed by atoms with Gasteiger partial charge in [0, 0.05) is 76.9 Å². The van der Waals surface area contributed by atoms with Gasteiger partial charge in [-0.1, -0.05) is 86.4 Å². The summed E-state index contributed by atoms with van der Waals surface area (Å²) in [5.74, 6) is -3.63. The number of dihydropyridines is 2. The van der Waals surface area contributed by atoms with Crippen molar-refractivity contribution >= 4 is 16.9 Å². The van der Waals surface area contributed by atoms with E-state index in [1.165, 1.54) is 17.2 Å². The van der Waals surface area contributed by atoms with Crippen molar-refractivity contribution in [1.82, 2.24) is 16.0 Å². The molecule has 3 aromatic carbocycles. The summed E-state index contributed by atoms with van der Waals surface area (Å²) in [5, 5.41) is 99.6. The van der Waals surface area contributed by atoms with Crippen LogP contribution in [0, 0.1) is 51.8 Å². The Bertz CT molecular complexity index is 4490. The smallest absolute Gasteiger partial charge is 0.337 e. The summed E-state index contributed by atoms with van der Waals surface area (Å²) in [7, 11) is 0. The number of aliphatic hydroxyl groups excluding tert-OH is 3. The van der Waals surface area contributed by atoms with Gasteiger partial charge >= 0.3 is 5.97 Å². The maximum atomic E-state index is 16.7. The van der Waals surface area contributed by atoms with Crippen molar-refractivity contribution < 1.29 is 54.4 Å². The highest BCUT2D eigenvalue weighted by Crippen LogP contribution is 2.73. The number of hydrogen-bond acceptors (Lipinski definition) is 16. The van der Waals surface area contributed by atoms with E-state index in [9.17, 15) is 35.7 Å². The van der Waals surface area contributed by atoms with E-state index in [2.05, 4.69) is 90.6 Å². The standard InChI is InChI=1S/C84H98N4O12/c1-4-60(84(97)35-58-50-20-26-80(36-62(50)84)41-82(74(94)55-12-9-11-51(58)69(55)80)25-19-46-10-5-6-24-83(46,96)42-82)77(95)99-64-33-57-71(93)67-63(92)32-48(38-89)98-73(67)68-65-54-21-29-86-75(85)66(54)70(81(28-27-79(40-81)22-7-8-23-79)34-44-14-15-47(91)31-56(44)59(65)39-90)53-18-17-49-45(30-61(53)78(64,3)100-72(57)68)37-87-76-52(49)16-13-43(2)88-76/h4,9,11-16,20-21,26,31-32,37,43,46,50,53,58-59,61-62,64-65,70,74,76,86-91,93-94,96-97H,5-8,10,17-19,22-25,27-30,33-36,38-42,85H2,1-3H3. The van der Waals surface area contributed by atoms with Gasteiger partial charge in [0.25, 0.3) is 0 Å². The number of fused-ring (bicyclic) bond motifs is 12. The highest BCUT2D eigenvalue weighted by atomic mass is 16.6. The second-order valence-electron chi connectivity index (χ2n) is 34.7. The van der Waals surface area contributed by atoms with Gasteiger partial charge in [0.1, 0.15) is 69.9 Å². The predicted octanol–water partition coefficient (Wildman–Crippen LogP) is 11.7. The molecule has 6 heterocycles. The number of rotatable bonds is 5. The molecule has 0 radical (unpaired) electrons. The van der Waals surface area contributed by atoms with Crippen molar-refractivity contribution in [3.05, 3.63) is 179 Å². The van der Waals surface area contributed by atoms with Crippen LogP contribution >= 0.6 is 0 Å². The number of carbonyl (C=O) groups excluding carboxylic acids is 1. The Labute approximate surface area is 584 Å². The van der Waals surface area contributed by atoms with Gasteiger partial charge in [-0.25, -0.2) is 4.79 Å². The average Bonchev–Trinajstić information content (AvgIpc) is 1.43. The van der Waals surface area contributed by atoms with Crippen LogP contribution in [0.25, 0.3) is 11.0 Å². The lowest BCUT2D eigenvalue weighted by atomic mass is 9.47. The van der Waals surface area contributed by atoms with E-state index in [4.69, 9.17) is 19.6 Å². The quantitative estimate of drug-likeness (QED) is 0.0504. The van der Waals surface area contributed by atoms with Crippen LogP contribution in [0.4, 0.5) is 0 Å². The number of allylic oxidation sites excluding steroid dienone is 7. The summed E-state index contributed by atoms with van der Waals surface area (Å²) in [6.45, 7) is 5.38. The maximum Gasteiger partial charge on any atom is 0.337 e. The third-order valence-electron chi connectivity index (χ3n) is 30.1. The monoisotopic (exact) mass is 1350 g/mol. The van der Waals surface area contributed by atoms with Crippen LogP contribution < -0.4 is 31.8 Å². The Kier molecular flexibility index (Phi) is 14.3. The zero-order chi connectivity index (χ0) is 68.5. The number of ether oxygens (including phenoxy) is 2. The van der Waals surface area contributed by atoms with Gasteiger partial charge in [-0.2, -0.15) is 0 Å². The van der Waals surface area contributed by atoms with Crippen molar-refractivity contribution in [2.45, 2.75) is 233 Å². The summed E-state index contributed by atoms with van der Waals surface area (Å²) in [6.07, 6.45) is 30.4. The van der Waals surface area contributed by atoms with Crippen molar-refractivity contribution in [2.75, 3.05) is 13.2 Å². The van der Waals surface area contributed by atoms with Crippen LogP contribution in [0.3, 0.4) is 0 Å². The van der Waals surface area contributed by atoms with Crippen LogP contribution in [0.2, 0.25) is 0 Å². The van der Waals surface area contributed by atoms with Crippen molar-refractivity contribution in [3.63, 3.8) is 0 Å². The molecule has 526 valence electrons. The van der Waals surface area contributed by atoms with E-state index in [0.29, 0.717) is 56.5 Å². The Morgan fingerprint density at radius 3 is 2.54 bits per heavy atom. The van der Waals surface area contributed by atoms with E-state index in [1.54, 1.807) is 18.2 Å². The van der Waals surface area contributed by atoms with Gasteiger partial charge in [0.15, 0.2) is 5.43 Å². The summed E-state index contributed by atoms with van der Waals surface area (Å²) in [4.78, 5) is 31.9. The molecule has 4 spiro atoms. The molecule has 19 unspecified atom stereocenters. The van der Waals surface area contributed by atoms with E-state index < -0.39 is 99.3 Å². The molecule has 12 N–H and O–H groups in total. The minimum Gasteiger partial charge on any atom is -0.508 e. The number of phenols is 2. The minimum atomic E-state index is -1.68. The zero-order valence-corrected chi connectivity index (χ0v) is 58.0. The number of carbonyl (C=O) groups is 1. The van der Waals surface area contributed by atoms with Crippen molar-refractivity contribution in [3.8, 4) is 17.2 Å². The first-order valence-corrected chi connectivity index (χ1v) is 38.2. The number of phenolic OH excluding ortho intramolecular Hbond substituents is 2. The van der Waals surface area contributed by atoms with Crippen LogP contribution in [0.15, 0.2) is 134 Å². The van der Waals surface area contributed by atoms with Gasteiger partial charge in [-0.3, -0.25) is 10.1 Å². The molecule has 0 amide bonds. The van der Waals surface area contributed by atoms with E-state index in [-0.39, 0.29) is 99.4 Å². The molecule has 5 aliphatic heterocycles. The molecule has 6 saturated carbocycles. The van der Waals surface area contributed by atoms with Crippen LogP contribution in [0.5, 0.6) is 17.2 Å². The Hall–Kier alpha value is -6.92. The zero-order valence-electron chi connectivity index (χ0n) is 58.0. The molecule has 16 nitrogen and oxygen atoms in total. The predicted molar refractivity (Wildman–Crippen MR) is 377 cm³/mol. The largest absolute Gasteiger partial charge is 0.508 e. The Morgan fingerprint density at radius 1 is 0.890 bits per heavy atom. The SMILES string of the molecule is CC=C(C(=O)OC1Cc2c3c(c4oc(CO)cc(=O)c4c2O)C2C4=CCNC(N)=C4C(C4CCC5=C6C=CC(C)NC6NC=C5CC4C1(C)O3)C1(CCC3(CCCC3)C1)Cc1ccc(O)cc1C2CO)C1(O)CC2c3cccc4c3C3(C=CC2C1C3)CC1(CCC2CCCCC2(O)C1)C4O. The minimum absolute atomic E-state index is 0.000392. The third kappa shape index (κ3) is 8.84. The molecule has 8 bridgehead atoms. The summed E-state index contributed by atoms with van der Waals surface area (Å²) >= 11 is 0. The second kappa shape index (κ2) is 22.3. The first-order valence-electron chi connectivity index (χ1n) is 38.2. The molecule has 0 saturated heterocycles. The maximum absolute atomic E-state index is 16.7. The van der Waals surface area contributed by atoms with Crippen LogP contribution in [0.1, 0.15) is 218 Å². The fourth-order valence-electron chi connectivity index (χ4n) is 26.1. The number of hydrogen-bond donors (Lipinski definition) is 11. The van der Waals surface area contributed by atoms with Crippen molar-refractivity contribution in [2.24, 2.45) is 57.5 Å². The number of aromatic hydroxyl groups is 2. The number of benzene rings is 3. The normalized spacial score (nSPS) is 40.4. The van der Waals surface area contributed by atoms with E-state index >= 15 is 9.59 Å². The highest BCUT2D eigenvalue weighted by Gasteiger charge is 2.69. The fourth-order valence-corrected chi connectivity index (χ4v) is 26.1. The van der Waals surface area contributed by atoms with Crippen molar-refractivity contribution in [1.29, 1.82) is 0 Å². The molecule has 1 aromatic heterocycles. The third-order valence-corrected chi connectivity index (χ3v) is 30.1. The molecule has 16 heteroatoms. The molecule has 20 rings (SSSR count). The first-order chi connectivity index (χ1) is 48.2. The highest BCUT2D eigenvalue weighted by molar-refractivity contribution is 5.93. The summed E-state index contributed by atoms with van der Waals surface area (Å²) in [6, 6.07) is 13.3. The summed E-state index contributed by atoms with van der Waals surface area (Å²) in [5.41, 5.74) is 12.7. The lowest BCUT2D eigenvalue weighted by molar-refractivity contribution is -0.173. The molecule has 4 aromatic rings. The molecule has 100 heavy (non-hydrogen) atoms. The van der Waals surface area contributed by atoms with Gasteiger partial charge in [0.2, 0.25) is 0 Å². The number of nitrogens with one attached hydrogen (secondary N) is 3. The van der Waals surface area contributed by atoms with Crippen LogP contribution in [-0.2, 0) is 34.4 Å². The Morgan fingerprint density at radius 2 is 1.72 bits per heavy atom. The number of aliphatic hydroxyl groups is 5. The lowest BCUT2D eigenvalue weighted by Crippen LogP contribution is -2.60. The van der Waals surface area contributed by atoms with Gasteiger partial charge in [-0.05, 0) is 238 Å². The first kappa shape index (κ1) is 64.0. The molecule has 11 aliphatic carbocycles. The molecule has 6 fully saturated rings. The second-order valence-corrected chi connectivity index (χ2v) is 34.7. The topological polar surface area (TPSA) is 269 Å². The van der Waals surface area contributed by atoms with E-state index in [0.717, 1.165) is 134 Å². The number of nitrogens with two attached hydrogens (primary N) is 1. The van der Waals surface area contributed by atoms with E-state index in [1.807, 2.05) is 6.92 Å². The Balaban J connectivity index is 0.813. The molecular formula is C84H98N4O12. The molecule has 19 atom stereocenters. The fraction of sp³-hybridized carbons (Fsp3) is 0.571. The summed E-state index contributed by atoms with van der Waals surface area (Å²) < 4.78 is 22.6. The van der Waals surface area contributed by atoms with Gasteiger partial charge in [0.05, 0.1) is 23.9 Å². The molecule has 16 aliphatic rings. The number of esters is 1. The van der Waals surface area contributed by atoms with Gasteiger partial charge in [-0.15, -0.1) is 0 Å². The van der Waals surface area contributed by atoms with Gasteiger partial charge < -0.3 is 66.0 Å².